The molecule has 0 aliphatic carbocycles. The number of ether oxygens (including phenoxy) is 1. The number of carbonyl (C=O) groups excluding carboxylic acids is 2. The molecule has 1 unspecified atom stereocenters. The molecule has 2 aromatic carbocycles. The molecule has 0 saturated heterocycles. The third kappa shape index (κ3) is 3.59. The van der Waals surface area contributed by atoms with Crippen LogP contribution in [0.25, 0.3) is 11.1 Å². The Morgan fingerprint density at radius 2 is 1.97 bits per heavy atom. The lowest BCUT2D eigenvalue weighted by Crippen LogP contribution is -2.23. The summed E-state index contributed by atoms with van der Waals surface area (Å²) in [7, 11) is 1.61. The monoisotopic (exact) mass is 390 g/mol. The van der Waals surface area contributed by atoms with Gasteiger partial charge in [0.2, 0.25) is 5.91 Å². The van der Waals surface area contributed by atoms with E-state index in [0.717, 1.165) is 28.1 Å². The molecule has 0 spiro atoms. The van der Waals surface area contributed by atoms with E-state index in [1.54, 1.807) is 11.8 Å². The molecule has 1 atom stereocenters. The maximum absolute atomic E-state index is 12.6. The third-order valence-corrected chi connectivity index (χ3v) is 5.00. The second kappa shape index (κ2) is 7.43. The summed E-state index contributed by atoms with van der Waals surface area (Å²) in [4.78, 5) is 25.1. The van der Waals surface area contributed by atoms with E-state index in [9.17, 15) is 9.59 Å². The molecule has 1 aliphatic rings. The molecular formula is C22H22N4O3. The van der Waals surface area contributed by atoms with E-state index in [1.807, 2.05) is 62.4 Å². The highest BCUT2D eigenvalue weighted by Gasteiger charge is 2.36. The number of benzene rings is 2. The summed E-state index contributed by atoms with van der Waals surface area (Å²) in [6.45, 7) is 3.87. The second-order valence-electron chi connectivity index (χ2n) is 7.11. The Balaban J connectivity index is 1.58. The fraction of sp³-hybridized carbons (Fsp3) is 0.227. The van der Waals surface area contributed by atoms with Crippen molar-refractivity contribution in [1.29, 1.82) is 0 Å². The maximum atomic E-state index is 12.6. The number of carbonyl (C=O) groups is 2. The van der Waals surface area contributed by atoms with Gasteiger partial charge in [0.25, 0.3) is 5.91 Å². The van der Waals surface area contributed by atoms with Crippen molar-refractivity contribution < 1.29 is 14.3 Å². The first-order valence-corrected chi connectivity index (χ1v) is 9.37. The van der Waals surface area contributed by atoms with Crippen molar-refractivity contribution in [2.45, 2.75) is 26.3 Å². The van der Waals surface area contributed by atoms with Crippen molar-refractivity contribution in [1.82, 2.24) is 9.78 Å². The predicted molar refractivity (Wildman–Crippen MR) is 111 cm³/mol. The molecule has 2 amide bonds. The Labute approximate surface area is 168 Å². The summed E-state index contributed by atoms with van der Waals surface area (Å²) in [5.74, 6) is 0.850. The maximum Gasteiger partial charge on any atom is 0.251 e. The average Bonchev–Trinajstić information content (AvgIpc) is 3.17. The molecule has 2 heterocycles. The minimum Gasteiger partial charge on any atom is -0.497 e. The number of aryl methyl sites for hydroxylation is 2. The molecule has 2 N–H and O–H groups in total. The van der Waals surface area contributed by atoms with E-state index in [4.69, 9.17) is 4.74 Å². The van der Waals surface area contributed by atoms with Crippen molar-refractivity contribution in [2.75, 3.05) is 17.7 Å². The van der Waals surface area contributed by atoms with Crippen LogP contribution in [0.2, 0.25) is 0 Å². The van der Waals surface area contributed by atoms with Gasteiger partial charge in [-0.15, -0.1) is 0 Å². The van der Waals surface area contributed by atoms with E-state index >= 15 is 0 Å². The SMILES string of the molecule is COc1cccc(-c2c(C)nn3c2NC(=O)C3CC(=O)Nc2ccc(C)cc2)c1. The number of amides is 2. The quantitative estimate of drug-likeness (QED) is 0.696. The van der Waals surface area contributed by atoms with Crippen molar-refractivity contribution in [3.05, 3.63) is 59.8 Å². The first kappa shape index (κ1) is 18.7. The number of aromatic nitrogens is 2. The van der Waals surface area contributed by atoms with Crippen LogP contribution in [0.3, 0.4) is 0 Å². The fourth-order valence-corrected chi connectivity index (χ4v) is 3.53. The lowest BCUT2D eigenvalue weighted by Gasteiger charge is -2.10. The molecule has 0 fully saturated rings. The standard InChI is InChI=1S/C22H22N4O3/c1-13-7-9-16(10-8-13)23-19(27)12-18-22(28)24-21-20(14(2)25-26(18)21)15-5-4-6-17(11-15)29-3/h4-11,18H,12H2,1-3H3,(H,23,27)(H,24,28). The number of anilines is 2. The van der Waals surface area contributed by atoms with Crippen molar-refractivity contribution in [2.24, 2.45) is 0 Å². The smallest absolute Gasteiger partial charge is 0.251 e. The van der Waals surface area contributed by atoms with Crippen molar-refractivity contribution in [3.63, 3.8) is 0 Å². The Bertz CT molecular complexity index is 1090. The zero-order valence-corrected chi connectivity index (χ0v) is 16.5. The Morgan fingerprint density at radius 1 is 1.21 bits per heavy atom. The van der Waals surface area contributed by atoms with Crippen LogP contribution >= 0.6 is 0 Å². The summed E-state index contributed by atoms with van der Waals surface area (Å²) in [6, 6.07) is 14.4. The van der Waals surface area contributed by atoms with Gasteiger partial charge in [0.15, 0.2) is 0 Å². The van der Waals surface area contributed by atoms with Gasteiger partial charge in [-0.3, -0.25) is 9.59 Å². The van der Waals surface area contributed by atoms with E-state index < -0.39 is 6.04 Å². The number of methoxy groups -OCH3 is 1. The molecule has 0 bridgehead atoms. The largest absolute Gasteiger partial charge is 0.497 e. The molecule has 7 nitrogen and oxygen atoms in total. The number of nitrogens with one attached hydrogen (secondary N) is 2. The number of nitrogens with zero attached hydrogens (tertiary/aromatic N) is 2. The molecule has 1 aromatic heterocycles. The Morgan fingerprint density at radius 3 is 2.69 bits per heavy atom. The van der Waals surface area contributed by atoms with Gasteiger partial charge < -0.3 is 15.4 Å². The van der Waals surface area contributed by atoms with Crippen molar-refractivity contribution >= 4 is 23.3 Å². The zero-order valence-electron chi connectivity index (χ0n) is 16.5. The molecule has 29 heavy (non-hydrogen) atoms. The van der Waals surface area contributed by atoms with Gasteiger partial charge in [0.1, 0.15) is 17.6 Å². The number of hydrogen-bond acceptors (Lipinski definition) is 4. The summed E-state index contributed by atoms with van der Waals surface area (Å²) < 4.78 is 6.92. The Hall–Kier alpha value is -3.61. The molecule has 4 rings (SSSR count). The number of rotatable bonds is 5. The van der Waals surface area contributed by atoms with Gasteiger partial charge in [0, 0.05) is 11.3 Å². The zero-order chi connectivity index (χ0) is 20.5. The van der Waals surface area contributed by atoms with E-state index in [2.05, 4.69) is 15.7 Å². The minimum absolute atomic E-state index is 0.00534. The summed E-state index contributed by atoms with van der Waals surface area (Å²) in [5.41, 5.74) is 4.32. The highest BCUT2D eigenvalue weighted by atomic mass is 16.5. The fourth-order valence-electron chi connectivity index (χ4n) is 3.53. The van der Waals surface area contributed by atoms with Gasteiger partial charge in [-0.2, -0.15) is 5.10 Å². The molecule has 3 aromatic rings. The normalized spacial score (nSPS) is 15.0. The molecule has 0 radical (unpaired) electrons. The molecule has 0 saturated carbocycles. The van der Waals surface area contributed by atoms with Crippen LogP contribution in [0.5, 0.6) is 5.75 Å². The Kier molecular flexibility index (Phi) is 4.80. The summed E-state index contributed by atoms with van der Waals surface area (Å²) in [6.07, 6.45) is 0.00534. The lowest BCUT2D eigenvalue weighted by molar-refractivity contribution is -0.123. The topological polar surface area (TPSA) is 85.2 Å². The van der Waals surface area contributed by atoms with E-state index in [1.165, 1.54) is 0 Å². The number of hydrogen-bond donors (Lipinski definition) is 2. The predicted octanol–water partition coefficient (Wildman–Crippen LogP) is 3.70. The van der Waals surface area contributed by atoms with Crippen LogP contribution in [0.15, 0.2) is 48.5 Å². The van der Waals surface area contributed by atoms with E-state index in [0.29, 0.717) is 11.5 Å². The van der Waals surface area contributed by atoms with Crippen LogP contribution in [-0.4, -0.2) is 28.7 Å². The molecule has 148 valence electrons. The van der Waals surface area contributed by atoms with Gasteiger partial charge >= 0.3 is 0 Å². The first-order valence-electron chi connectivity index (χ1n) is 9.37. The van der Waals surface area contributed by atoms with Crippen molar-refractivity contribution in [3.8, 4) is 16.9 Å². The molecule has 1 aliphatic heterocycles. The van der Waals surface area contributed by atoms with Gasteiger partial charge in [-0.1, -0.05) is 29.8 Å². The lowest BCUT2D eigenvalue weighted by atomic mass is 10.1. The highest BCUT2D eigenvalue weighted by molar-refractivity contribution is 6.04. The molecule has 7 heteroatoms. The van der Waals surface area contributed by atoms with Crippen LogP contribution in [0, 0.1) is 13.8 Å². The van der Waals surface area contributed by atoms with E-state index in [-0.39, 0.29) is 18.2 Å². The summed E-state index contributed by atoms with van der Waals surface area (Å²) in [5, 5.41) is 10.3. The minimum atomic E-state index is -0.687. The molecular weight excluding hydrogens is 368 g/mol. The van der Waals surface area contributed by atoms with Crippen LogP contribution in [0.4, 0.5) is 11.5 Å². The third-order valence-electron chi connectivity index (χ3n) is 5.00. The average molecular weight is 390 g/mol. The van der Waals surface area contributed by atoms with Crippen LogP contribution in [-0.2, 0) is 9.59 Å². The summed E-state index contributed by atoms with van der Waals surface area (Å²) >= 11 is 0. The van der Waals surface area contributed by atoms with Gasteiger partial charge in [-0.25, -0.2) is 4.68 Å². The van der Waals surface area contributed by atoms with Crippen LogP contribution in [0.1, 0.15) is 23.7 Å². The van der Waals surface area contributed by atoms with Crippen LogP contribution < -0.4 is 15.4 Å². The van der Waals surface area contributed by atoms with Gasteiger partial charge in [0.05, 0.1) is 19.2 Å². The number of fused-ring (bicyclic) bond motifs is 1. The van der Waals surface area contributed by atoms with Gasteiger partial charge in [-0.05, 0) is 43.7 Å². The first-order chi connectivity index (χ1) is 14.0. The highest BCUT2D eigenvalue weighted by Crippen LogP contribution is 2.39. The second-order valence-corrected chi connectivity index (χ2v) is 7.11.